The summed E-state index contributed by atoms with van der Waals surface area (Å²) in [5, 5.41) is 2.92. The lowest BCUT2D eigenvalue weighted by Crippen LogP contribution is -2.42. The highest BCUT2D eigenvalue weighted by Gasteiger charge is 2.28. The summed E-state index contributed by atoms with van der Waals surface area (Å²) in [7, 11) is 1.76. The van der Waals surface area contributed by atoms with Crippen LogP contribution in [0, 0.1) is 0 Å². The van der Waals surface area contributed by atoms with Gasteiger partial charge in [0, 0.05) is 0 Å². The number of rotatable bonds is 1. The lowest BCUT2D eigenvalue weighted by molar-refractivity contribution is 0.0876. The number of nitrogens with one attached hydrogen (secondary N) is 1. The van der Waals surface area contributed by atoms with Gasteiger partial charge in [-0.25, -0.2) is 0 Å². The number of benzene rings is 1. The Labute approximate surface area is 90.6 Å². The number of hydrogen-bond acceptors (Lipinski definition) is 3. The zero-order chi connectivity index (χ0) is 10.1. The Bertz CT molecular complexity index is 378. The summed E-state index contributed by atoms with van der Waals surface area (Å²) in [6.45, 7) is 0.394. The average molecular weight is 256 g/mol. The molecular formula is C10H10BrNO2. The second-order valence-electron chi connectivity index (χ2n) is 3.13. The molecular weight excluding hydrogens is 246 g/mol. The van der Waals surface area contributed by atoms with Crippen molar-refractivity contribution in [3.63, 3.8) is 0 Å². The molecule has 4 heteroatoms. The second kappa shape index (κ2) is 3.71. The van der Waals surface area contributed by atoms with Gasteiger partial charge in [0.2, 0.25) is 0 Å². The van der Waals surface area contributed by atoms with Gasteiger partial charge in [-0.3, -0.25) is 4.79 Å². The van der Waals surface area contributed by atoms with Crippen LogP contribution in [0.15, 0.2) is 22.7 Å². The van der Waals surface area contributed by atoms with Gasteiger partial charge in [-0.2, -0.15) is 0 Å². The van der Waals surface area contributed by atoms with E-state index in [-0.39, 0.29) is 11.8 Å². The van der Waals surface area contributed by atoms with Crippen LogP contribution in [0.2, 0.25) is 0 Å². The first-order valence-electron chi connectivity index (χ1n) is 4.37. The SMILES string of the molecule is CNC1COc2c(Br)cccc2C1=O. The minimum Gasteiger partial charge on any atom is -0.490 e. The molecule has 1 unspecified atom stereocenters. The monoisotopic (exact) mass is 255 g/mol. The van der Waals surface area contributed by atoms with Gasteiger partial charge >= 0.3 is 0 Å². The lowest BCUT2D eigenvalue weighted by atomic mass is 10.0. The molecule has 2 rings (SSSR count). The molecule has 14 heavy (non-hydrogen) atoms. The van der Waals surface area contributed by atoms with E-state index in [1.165, 1.54) is 0 Å². The summed E-state index contributed by atoms with van der Waals surface area (Å²) < 4.78 is 6.33. The molecule has 1 heterocycles. The molecule has 1 aromatic carbocycles. The normalized spacial score (nSPS) is 20.1. The second-order valence-corrected chi connectivity index (χ2v) is 3.99. The third kappa shape index (κ3) is 1.44. The van der Waals surface area contributed by atoms with Crippen LogP contribution in [0.3, 0.4) is 0 Å². The summed E-state index contributed by atoms with van der Waals surface area (Å²) in [4.78, 5) is 11.8. The van der Waals surface area contributed by atoms with Gasteiger partial charge in [0.25, 0.3) is 0 Å². The Morgan fingerprint density at radius 2 is 2.36 bits per heavy atom. The predicted molar refractivity (Wildman–Crippen MR) is 56.8 cm³/mol. The Morgan fingerprint density at radius 1 is 1.57 bits per heavy atom. The highest BCUT2D eigenvalue weighted by Crippen LogP contribution is 2.32. The van der Waals surface area contributed by atoms with E-state index in [0.717, 1.165) is 4.47 Å². The van der Waals surface area contributed by atoms with Crippen molar-refractivity contribution < 1.29 is 9.53 Å². The number of hydrogen-bond donors (Lipinski definition) is 1. The van der Waals surface area contributed by atoms with Crippen molar-refractivity contribution in [3.8, 4) is 5.75 Å². The van der Waals surface area contributed by atoms with Gasteiger partial charge in [-0.05, 0) is 35.1 Å². The molecule has 1 atom stereocenters. The molecule has 3 nitrogen and oxygen atoms in total. The van der Waals surface area contributed by atoms with Crippen LogP contribution in [-0.4, -0.2) is 25.5 Å². The minimum atomic E-state index is -0.225. The number of carbonyl (C=O) groups is 1. The standard InChI is InChI=1S/C10H10BrNO2/c1-12-8-5-14-10-6(9(8)13)3-2-4-7(10)11/h2-4,8,12H,5H2,1H3. The Balaban J connectivity index is 2.46. The van der Waals surface area contributed by atoms with Crippen LogP contribution in [-0.2, 0) is 0 Å². The van der Waals surface area contributed by atoms with Crippen molar-refractivity contribution >= 4 is 21.7 Å². The molecule has 1 aliphatic rings. The number of carbonyl (C=O) groups excluding carboxylic acids is 1. The number of likely N-dealkylation sites (N-methyl/N-ethyl adjacent to an activating group) is 1. The molecule has 74 valence electrons. The van der Waals surface area contributed by atoms with Crippen LogP contribution in [0.4, 0.5) is 0 Å². The largest absolute Gasteiger partial charge is 0.490 e. The zero-order valence-corrected chi connectivity index (χ0v) is 9.30. The van der Waals surface area contributed by atoms with E-state index in [0.29, 0.717) is 17.9 Å². The molecule has 0 aliphatic carbocycles. The van der Waals surface area contributed by atoms with Gasteiger partial charge in [0.15, 0.2) is 5.78 Å². The Morgan fingerprint density at radius 3 is 3.07 bits per heavy atom. The van der Waals surface area contributed by atoms with Gasteiger partial charge in [0.05, 0.1) is 10.0 Å². The van der Waals surface area contributed by atoms with Crippen molar-refractivity contribution in [2.75, 3.05) is 13.7 Å². The maximum atomic E-state index is 11.8. The molecule has 0 fully saturated rings. The highest BCUT2D eigenvalue weighted by molar-refractivity contribution is 9.10. The summed E-state index contributed by atoms with van der Waals surface area (Å²) in [6, 6.07) is 5.26. The van der Waals surface area contributed by atoms with Gasteiger partial charge in [0.1, 0.15) is 18.4 Å². The van der Waals surface area contributed by atoms with E-state index >= 15 is 0 Å². The fourth-order valence-corrected chi connectivity index (χ4v) is 1.97. The minimum absolute atomic E-state index is 0.0926. The topological polar surface area (TPSA) is 38.3 Å². The average Bonchev–Trinajstić information content (AvgIpc) is 2.20. The molecule has 0 spiro atoms. The fraction of sp³-hybridized carbons (Fsp3) is 0.300. The Hall–Kier alpha value is -0.870. The number of para-hydroxylation sites is 1. The summed E-state index contributed by atoms with van der Waals surface area (Å²) >= 11 is 3.35. The molecule has 0 saturated heterocycles. The third-order valence-corrected chi connectivity index (χ3v) is 2.92. The van der Waals surface area contributed by atoms with Crippen molar-refractivity contribution in [1.82, 2.24) is 5.32 Å². The first kappa shape index (κ1) is 9.68. The van der Waals surface area contributed by atoms with Crippen molar-refractivity contribution in [2.24, 2.45) is 0 Å². The number of ketones is 1. The number of Topliss-reactive ketones (excluding diaryl/α,β-unsaturated/α-hetero) is 1. The first-order chi connectivity index (χ1) is 6.74. The van der Waals surface area contributed by atoms with Crippen molar-refractivity contribution in [2.45, 2.75) is 6.04 Å². The van der Waals surface area contributed by atoms with Crippen LogP contribution < -0.4 is 10.1 Å². The molecule has 0 radical (unpaired) electrons. The molecule has 1 N–H and O–H groups in total. The van der Waals surface area contributed by atoms with Crippen LogP contribution >= 0.6 is 15.9 Å². The van der Waals surface area contributed by atoms with E-state index in [1.807, 2.05) is 12.1 Å². The number of fused-ring (bicyclic) bond motifs is 1. The first-order valence-corrected chi connectivity index (χ1v) is 5.16. The zero-order valence-electron chi connectivity index (χ0n) is 7.71. The molecule has 0 saturated carbocycles. The number of halogens is 1. The molecule has 0 bridgehead atoms. The quantitative estimate of drug-likeness (QED) is 0.829. The smallest absolute Gasteiger partial charge is 0.186 e. The number of ether oxygens (including phenoxy) is 1. The summed E-state index contributed by atoms with van der Waals surface area (Å²) in [6.07, 6.45) is 0. The molecule has 1 aliphatic heterocycles. The highest BCUT2D eigenvalue weighted by atomic mass is 79.9. The fourth-order valence-electron chi connectivity index (χ4n) is 1.49. The summed E-state index contributed by atoms with van der Waals surface area (Å²) in [5.74, 6) is 0.749. The van der Waals surface area contributed by atoms with Crippen molar-refractivity contribution in [1.29, 1.82) is 0 Å². The maximum Gasteiger partial charge on any atom is 0.186 e. The van der Waals surface area contributed by atoms with E-state index in [1.54, 1.807) is 13.1 Å². The molecule has 0 amide bonds. The van der Waals surface area contributed by atoms with Crippen LogP contribution in [0.5, 0.6) is 5.75 Å². The van der Waals surface area contributed by atoms with Gasteiger partial charge in [-0.15, -0.1) is 0 Å². The molecule has 0 aromatic heterocycles. The maximum absolute atomic E-state index is 11.8. The van der Waals surface area contributed by atoms with Crippen molar-refractivity contribution in [3.05, 3.63) is 28.2 Å². The predicted octanol–water partition coefficient (Wildman–Crippen LogP) is 1.61. The van der Waals surface area contributed by atoms with E-state index < -0.39 is 0 Å². The van der Waals surface area contributed by atoms with Crippen LogP contribution in [0.25, 0.3) is 0 Å². The van der Waals surface area contributed by atoms with E-state index in [4.69, 9.17) is 4.74 Å². The lowest BCUT2D eigenvalue weighted by Gasteiger charge is -2.24. The van der Waals surface area contributed by atoms with Gasteiger partial charge < -0.3 is 10.1 Å². The van der Waals surface area contributed by atoms with E-state index in [9.17, 15) is 4.79 Å². The third-order valence-electron chi connectivity index (χ3n) is 2.29. The summed E-state index contributed by atoms with van der Waals surface area (Å²) in [5.41, 5.74) is 0.643. The van der Waals surface area contributed by atoms with Crippen LogP contribution in [0.1, 0.15) is 10.4 Å². The molecule has 1 aromatic rings. The van der Waals surface area contributed by atoms with E-state index in [2.05, 4.69) is 21.2 Å². The van der Waals surface area contributed by atoms with Gasteiger partial charge in [-0.1, -0.05) is 6.07 Å². The Kier molecular flexibility index (Phi) is 2.56.